The van der Waals surface area contributed by atoms with E-state index in [1.54, 1.807) is 0 Å². The smallest absolute Gasteiger partial charge is 0.328 e. The minimum absolute atomic E-state index is 0.168. The van der Waals surface area contributed by atoms with E-state index >= 15 is 0 Å². The van der Waals surface area contributed by atoms with E-state index in [-0.39, 0.29) is 10.5 Å². The Morgan fingerprint density at radius 1 is 1.12 bits per heavy atom. The van der Waals surface area contributed by atoms with Crippen LogP contribution in [0.3, 0.4) is 0 Å². The van der Waals surface area contributed by atoms with Gasteiger partial charge in [-0.3, -0.25) is 4.79 Å². The molecule has 0 radical (unpaired) electrons. The number of methoxy groups -OCH3 is 1. The maximum Gasteiger partial charge on any atom is 0.328 e. The largest absolute Gasteiger partial charge is 0.467 e. The van der Waals surface area contributed by atoms with Crippen LogP contribution < -0.4 is 5.32 Å². The molecular formula is C16H22N2O5S. The lowest BCUT2D eigenvalue weighted by atomic mass is 10.2. The molecule has 1 aromatic rings. The molecule has 0 unspecified atom stereocenters. The molecule has 132 valence electrons. The predicted molar refractivity (Wildman–Crippen MR) is 88.0 cm³/mol. The second-order valence-electron chi connectivity index (χ2n) is 5.71. The van der Waals surface area contributed by atoms with Crippen molar-refractivity contribution in [2.24, 2.45) is 0 Å². The second kappa shape index (κ2) is 7.76. The zero-order chi connectivity index (χ0) is 17.7. The van der Waals surface area contributed by atoms with E-state index < -0.39 is 27.9 Å². The molecule has 0 spiro atoms. The second-order valence-corrected chi connectivity index (χ2v) is 7.65. The SMILES string of the molecule is COC(=O)[C@H](C)NC(=O)c1ccc(S(=O)(=O)N2CCCCC2)cc1. The molecule has 1 N–H and O–H groups in total. The van der Waals surface area contributed by atoms with Gasteiger partial charge in [0.25, 0.3) is 5.91 Å². The number of hydrogen-bond donors (Lipinski definition) is 1. The summed E-state index contributed by atoms with van der Waals surface area (Å²) in [6, 6.07) is 4.94. The summed E-state index contributed by atoms with van der Waals surface area (Å²) in [6.07, 6.45) is 2.78. The molecule has 1 aliphatic heterocycles. The van der Waals surface area contributed by atoms with Gasteiger partial charge in [0, 0.05) is 18.7 Å². The van der Waals surface area contributed by atoms with Gasteiger partial charge < -0.3 is 10.1 Å². The highest BCUT2D eigenvalue weighted by Gasteiger charge is 2.26. The number of rotatable bonds is 5. The van der Waals surface area contributed by atoms with Crippen LogP contribution in [-0.2, 0) is 19.6 Å². The van der Waals surface area contributed by atoms with Gasteiger partial charge in [-0.2, -0.15) is 4.31 Å². The number of benzene rings is 1. The summed E-state index contributed by atoms with van der Waals surface area (Å²) in [5, 5.41) is 2.50. The highest BCUT2D eigenvalue weighted by molar-refractivity contribution is 7.89. The van der Waals surface area contributed by atoms with Crippen LogP contribution in [0.25, 0.3) is 0 Å². The molecule has 24 heavy (non-hydrogen) atoms. The lowest BCUT2D eigenvalue weighted by molar-refractivity contribution is -0.142. The highest BCUT2D eigenvalue weighted by atomic mass is 32.2. The zero-order valence-electron chi connectivity index (χ0n) is 13.8. The van der Waals surface area contributed by atoms with Crippen LogP contribution in [-0.4, -0.2) is 50.8 Å². The summed E-state index contributed by atoms with van der Waals surface area (Å²) in [4.78, 5) is 23.5. The third-order valence-corrected chi connectivity index (χ3v) is 5.88. The Morgan fingerprint density at radius 3 is 2.25 bits per heavy atom. The summed E-state index contributed by atoms with van der Waals surface area (Å²) in [6.45, 7) is 2.57. The normalized spacial score (nSPS) is 17.1. The fraction of sp³-hybridized carbons (Fsp3) is 0.500. The van der Waals surface area contributed by atoms with E-state index in [2.05, 4.69) is 10.1 Å². The Labute approximate surface area is 142 Å². The molecule has 1 heterocycles. The van der Waals surface area contributed by atoms with Gasteiger partial charge in [0.05, 0.1) is 12.0 Å². The third-order valence-electron chi connectivity index (χ3n) is 3.97. The Kier molecular flexibility index (Phi) is 5.95. The minimum Gasteiger partial charge on any atom is -0.467 e. The number of piperidine rings is 1. The molecule has 1 atom stereocenters. The third kappa shape index (κ3) is 4.12. The molecule has 8 heteroatoms. The van der Waals surface area contributed by atoms with Gasteiger partial charge in [-0.25, -0.2) is 13.2 Å². The van der Waals surface area contributed by atoms with Crippen molar-refractivity contribution in [3.63, 3.8) is 0 Å². The number of esters is 1. The van der Waals surface area contributed by atoms with Gasteiger partial charge in [0.1, 0.15) is 6.04 Å². The molecule has 1 aliphatic rings. The number of carbonyl (C=O) groups is 2. The maximum absolute atomic E-state index is 12.5. The van der Waals surface area contributed by atoms with Gasteiger partial charge in [0.2, 0.25) is 10.0 Å². The zero-order valence-corrected chi connectivity index (χ0v) is 14.6. The Balaban J connectivity index is 2.09. The summed E-state index contributed by atoms with van der Waals surface area (Å²) < 4.78 is 31.1. The van der Waals surface area contributed by atoms with Crippen molar-refractivity contribution >= 4 is 21.9 Å². The summed E-state index contributed by atoms with van der Waals surface area (Å²) in [7, 11) is -2.28. The van der Waals surface area contributed by atoms with Crippen molar-refractivity contribution in [1.82, 2.24) is 9.62 Å². The Hall–Kier alpha value is -1.93. The number of sulfonamides is 1. The molecule has 1 aromatic carbocycles. The molecule has 2 rings (SSSR count). The first-order chi connectivity index (χ1) is 11.4. The average molecular weight is 354 g/mol. The monoisotopic (exact) mass is 354 g/mol. The van der Waals surface area contributed by atoms with Crippen molar-refractivity contribution in [2.75, 3.05) is 20.2 Å². The van der Waals surface area contributed by atoms with Crippen molar-refractivity contribution < 1.29 is 22.7 Å². The van der Waals surface area contributed by atoms with E-state index in [0.717, 1.165) is 19.3 Å². The number of ether oxygens (including phenoxy) is 1. The number of amides is 1. The fourth-order valence-corrected chi connectivity index (χ4v) is 4.07. The van der Waals surface area contributed by atoms with Crippen LogP contribution >= 0.6 is 0 Å². The lowest BCUT2D eigenvalue weighted by Gasteiger charge is -2.25. The fourth-order valence-electron chi connectivity index (χ4n) is 2.55. The van der Waals surface area contributed by atoms with E-state index in [4.69, 9.17) is 0 Å². The molecule has 1 saturated heterocycles. The topological polar surface area (TPSA) is 92.8 Å². The molecule has 1 fully saturated rings. The average Bonchev–Trinajstić information content (AvgIpc) is 2.61. The molecule has 1 amide bonds. The molecule has 0 aliphatic carbocycles. The van der Waals surface area contributed by atoms with Crippen molar-refractivity contribution in [1.29, 1.82) is 0 Å². The van der Waals surface area contributed by atoms with E-state index in [9.17, 15) is 18.0 Å². The highest BCUT2D eigenvalue weighted by Crippen LogP contribution is 2.20. The number of nitrogens with zero attached hydrogens (tertiary/aromatic N) is 1. The van der Waals surface area contributed by atoms with Crippen molar-refractivity contribution in [3.8, 4) is 0 Å². The minimum atomic E-state index is -3.52. The first kappa shape index (κ1) is 18.4. The Morgan fingerprint density at radius 2 is 1.71 bits per heavy atom. The lowest BCUT2D eigenvalue weighted by Crippen LogP contribution is -2.39. The number of nitrogens with one attached hydrogen (secondary N) is 1. The van der Waals surface area contributed by atoms with Gasteiger partial charge in [-0.05, 0) is 44.0 Å². The van der Waals surface area contributed by atoms with Crippen LogP contribution in [0.1, 0.15) is 36.5 Å². The van der Waals surface area contributed by atoms with Crippen LogP contribution in [0.4, 0.5) is 0 Å². The number of hydrogen-bond acceptors (Lipinski definition) is 5. The van der Waals surface area contributed by atoms with Crippen molar-refractivity contribution in [3.05, 3.63) is 29.8 Å². The quantitative estimate of drug-likeness (QED) is 0.801. The van der Waals surface area contributed by atoms with Crippen LogP contribution in [0.5, 0.6) is 0 Å². The standard InChI is InChI=1S/C16H22N2O5S/c1-12(16(20)23-2)17-15(19)13-6-8-14(9-7-13)24(21,22)18-10-4-3-5-11-18/h6-9,12H,3-5,10-11H2,1-2H3,(H,17,19)/t12-/m0/s1. The number of carbonyl (C=O) groups excluding carboxylic acids is 2. The van der Waals surface area contributed by atoms with Gasteiger partial charge in [-0.1, -0.05) is 6.42 Å². The van der Waals surface area contributed by atoms with Crippen LogP contribution in [0.2, 0.25) is 0 Å². The summed E-state index contributed by atoms with van der Waals surface area (Å²) >= 11 is 0. The molecule has 7 nitrogen and oxygen atoms in total. The molecular weight excluding hydrogens is 332 g/mol. The van der Waals surface area contributed by atoms with Crippen LogP contribution in [0, 0.1) is 0 Å². The molecule has 0 saturated carbocycles. The molecule has 0 aromatic heterocycles. The predicted octanol–water partition coefficient (Wildman–Crippen LogP) is 1.15. The maximum atomic E-state index is 12.5. The Bertz CT molecular complexity index is 694. The van der Waals surface area contributed by atoms with E-state index in [1.807, 2.05) is 0 Å². The van der Waals surface area contributed by atoms with Gasteiger partial charge >= 0.3 is 5.97 Å². The summed E-state index contributed by atoms with van der Waals surface area (Å²) in [5.41, 5.74) is 0.281. The molecule has 0 bridgehead atoms. The van der Waals surface area contributed by atoms with Gasteiger partial charge in [0.15, 0.2) is 0 Å². The van der Waals surface area contributed by atoms with Gasteiger partial charge in [-0.15, -0.1) is 0 Å². The van der Waals surface area contributed by atoms with Crippen LogP contribution in [0.15, 0.2) is 29.2 Å². The summed E-state index contributed by atoms with van der Waals surface area (Å²) in [5.74, 6) is -1.01. The van der Waals surface area contributed by atoms with E-state index in [1.165, 1.54) is 42.6 Å². The first-order valence-corrected chi connectivity index (χ1v) is 9.29. The van der Waals surface area contributed by atoms with Crippen molar-refractivity contribution in [2.45, 2.75) is 37.1 Å². The first-order valence-electron chi connectivity index (χ1n) is 7.85. The van der Waals surface area contributed by atoms with E-state index in [0.29, 0.717) is 13.1 Å².